The van der Waals surface area contributed by atoms with Gasteiger partial charge in [0.1, 0.15) is 12.4 Å². The van der Waals surface area contributed by atoms with Crippen molar-refractivity contribution in [1.29, 1.82) is 0 Å². The van der Waals surface area contributed by atoms with E-state index >= 15 is 0 Å². The van der Waals surface area contributed by atoms with Crippen molar-refractivity contribution >= 4 is 5.91 Å². The lowest BCUT2D eigenvalue weighted by Crippen LogP contribution is -2.42. The predicted octanol–water partition coefficient (Wildman–Crippen LogP) is 2.30. The minimum absolute atomic E-state index is 0.000209. The number of rotatable bonds is 5. The van der Waals surface area contributed by atoms with E-state index in [1.54, 1.807) is 18.2 Å². The van der Waals surface area contributed by atoms with Gasteiger partial charge in [-0.15, -0.1) is 0 Å². The van der Waals surface area contributed by atoms with Crippen LogP contribution in [0.1, 0.15) is 18.7 Å². The van der Waals surface area contributed by atoms with Crippen LogP contribution in [-0.4, -0.2) is 47.8 Å². The van der Waals surface area contributed by atoms with Gasteiger partial charge in [0.05, 0.1) is 5.56 Å². The fraction of sp³-hybridized carbons (Fsp3) is 0.471. The highest BCUT2D eigenvalue weighted by atomic mass is 19.1. The van der Waals surface area contributed by atoms with E-state index in [-0.39, 0.29) is 30.1 Å². The third-order valence-corrected chi connectivity index (χ3v) is 4.19. The van der Waals surface area contributed by atoms with Crippen LogP contribution >= 0.6 is 0 Å². The molecule has 24 heavy (non-hydrogen) atoms. The van der Waals surface area contributed by atoms with E-state index in [4.69, 9.17) is 9.26 Å². The first-order valence-electron chi connectivity index (χ1n) is 8.01. The van der Waals surface area contributed by atoms with Crippen molar-refractivity contribution in [2.24, 2.45) is 5.92 Å². The van der Waals surface area contributed by atoms with Gasteiger partial charge in [-0.3, -0.25) is 4.79 Å². The second-order valence-electron chi connectivity index (χ2n) is 5.98. The standard InChI is InChI=1S/C17H20FN3O3/c1-23-11-16(22)21-8-4-5-12(10-21)9-15-19-17(20-24-15)13-6-2-3-7-14(13)18/h2-3,6-7,12H,4-5,8-11H2,1H3. The summed E-state index contributed by atoms with van der Waals surface area (Å²) in [7, 11) is 1.52. The fourth-order valence-electron chi connectivity index (χ4n) is 3.01. The van der Waals surface area contributed by atoms with Gasteiger partial charge < -0.3 is 14.2 Å². The Kier molecular flexibility index (Phi) is 5.20. The molecule has 128 valence electrons. The zero-order chi connectivity index (χ0) is 16.9. The number of hydrogen-bond donors (Lipinski definition) is 0. The van der Waals surface area contributed by atoms with Crippen molar-refractivity contribution in [3.8, 4) is 11.4 Å². The number of ether oxygens (including phenoxy) is 1. The number of carbonyl (C=O) groups is 1. The molecule has 0 radical (unpaired) electrons. The minimum Gasteiger partial charge on any atom is -0.375 e. The van der Waals surface area contributed by atoms with Gasteiger partial charge in [0.25, 0.3) is 0 Å². The number of aromatic nitrogens is 2. The van der Waals surface area contributed by atoms with E-state index in [0.717, 1.165) is 19.4 Å². The number of nitrogens with zero attached hydrogens (tertiary/aromatic N) is 3. The Balaban J connectivity index is 1.64. The maximum Gasteiger partial charge on any atom is 0.248 e. The van der Waals surface area contributed by atoms with Crippen LogP contribution in [0.25, 0.3) is 11.4 Å². The maximum atomic E-state index is 13.8. The van der Waals surface area contributed by atoms with Crippen molar-refractivity contribution in [3.05, 3.63) is 36.0 Å². The summed E-state index contributed by atoms with van der Waals surface area (Å²) >= 11 is 0. The molecule has 1 aliphatic heterocycles. The molecule has 6 nitrogen and oxygen atoms in total. The van der Waals surface area contributed by atoms with Crippen molar-refractivity contribution in [2.75, 3.05) is 26.8 Å². The van der Waals surface area contributed by atoms with Crippen LogP contribution in [0.3, 0.4) is 0 Å². The van der Waals surface area contributed by atoms with Gasteiger partial charge >= 0.3 is 0 Å². The lowest BCUT2D eigenvalue weighted by Gasteiger charge is -2.32. The lowest BCUT2D eigenvalue weighted by molar-refractivity contribution is -0.137. The molecule has 7 heteroatoms. The average Bonchev–Trinajstić information content (AvgIpc) is 3.04. The first kappa shape index (κ1) is 16.6. The highest BCUT2D eigenvalue weighted by Gasteiger charge is 2.25. The third-order valence-electron chi connectivity index (χ3n) is 4.19. The summed E-state index contributed by atoms with van der Waals surface area (Å²) in [6.45, 7) is 1.51. The fourth-order valence-corrected chi connectivity index (χ4v) is 3.01. The summed E-state index contributed by atoms with van der Waals surface area (Å²) in [5, 5.41) is 3.87. The van der Waals surface area contributed by atoms with Gasteiger partial charge in [-0.2, -0.15) is 4.98 Å². The number of carbonyl (C=O) groups excluding carboxylic acids is 1. The molecule has 0 spiro atoms. The van der Waals surface area contributed by atoms with Crippen LogP contribution in [0.4, 0.5) is 4.39 Å². The smallest absolute Gasteiger partial charge is 0.248 e. The molecule has 0 bridgehead atoms. The molecule has 1 unspecified atom stereocenters. The Morgan fingerprint density at radius 3 is 3.08 bits per heavy atom. The number of piperidine rings is 1. The SMILES string of the molecule is COCC(=O)N1CCCC(Cc2nc(-c3ccccc3F)no2)C1. The largest absolute Gasteiger partial charge is 0.375 e. The molecule has 1 aliphatic rings. The molecule has 0 N–H and O–H groups in total. The van der Waals surface area contributed by atoms with Gasteiger partial charge in [-0.05, 0) is 30.9 Å². The number of likely N-dealkylation sites (tertiary alicyclic amines) is 1. The second kappa shape index (κ2) is 7.53. The minimum atomic E-state index is -0.376. The Labute approximate surface area is 139 Å². The number of methoxy groups -OCH3 is 1. The van der Waals surface area contributed by atoms with Crippen LogP contribution < -0.4 is 0 Å². The maximum absolute atomic E-state index is 13.8. The summed E-state index contributed by atoms with van der Waals surface area (Å²) < 4.78 is 23.9. The zero-order valence-electron chi connectivity index (χ0n) is 13.6. The number of benzene rings is 1. The van der Waals surface area contributed by atoms with Crippen molar-refractivity contribution in [2.45, 2.75) is 19.3 Å². The van der Waals surface area contributed by atoms with E-state index in [1.165, 1.54) is 13.2 Å². The van der Waals surface area contributed by atoms with Crippen LogP contribution in [0, 0.1) is 11.7 Å². The first-order chi connectivity index (χ1) is 11.7. The quantitative estimate of drug-likeness (QED) is 0.840. The monoisotopic (exact) mass is 333 g/mol. The van der Waals surface area contributed by atoms with E-state index < -0.39 is 0 Å². The number of hydrogen-bond acceptors (Lipinski definition) is 5. The zero-order valence-corrected chi connectivity index (χ0v) is 13.6. The first-order valence-corrected chi connectivity index (χ1v) is 8.01. The normalized spacial score (nSPS) is 17.9. The second-order valence-corrected chi connectivity index (χ2v) is 5.98. The van der Waals surface area contributed by atoms with E-state index in [2.05, 4.69) is 10.1 Å². The Morgan fingerprint density at radius 1 is 1.46 bits per heavy atom. The van der Waals surface area contributed by atoms with Crippen molar-refractivity contribution in [3.63, 3.8) is 0 Å². The molecule has 2 heterocycles. The van der Waals surface area contributed by atoms with E-state index in [0.29, 0.717) is 24.4 Å². The number of amides is 1. The summed E-state index contributed by atoms with van der Waals surface area (Å²) in [6, 6.07) is 6.34. The molecule has 0 aliphatic carbocycles. The van der Waals surface area contributed by atoms with Gasteiger partial charge in [0, 0.05) is 26.6 Å². The van der Waals surface area contributed by atoms with Crippen LogP contribution in [0.2, 0.25) is 0 Å². The Bertz CT molecular complexity index is 704. The van der Waals surface area contributed by atoms with Crippen molar-refractivity contribution < 1.29 is 18.4 Å². The van der Waals surface area contributed by atoms with Crippen LogP contribution in [0.15, 0.2) is 28.8 Å². The molecule has 1 aromatic heterocycles. The molecule has 2 aromatic rings. The average molecular weight is 333 g/mol. The predicted molar refractivity (Wildman–Crippen MR) is 84.6 cm³/mol. The number of halogens is 1. The Hall–Kier alpha value is -2.28. The van der Waals surface area contributed by atoms with Gasteiger partial charge in [0.15, 0.2) is 0 Å². The summed E-state index contributed by atoms with van der Waals surface area (Å²) in [6.07, 6.45) is 2.51. The summed E-state index contributed by atoms with van der Waals surface area (Å²) in [5.41, 5.74) is 0.327. The van der Waals surface area contributed by atoms with Gasteiger partial charge in [-0.1, -0.05) is 17.3 Å². The summed E-state index contributed by atoms with van der Waals surface area (Å²) in [5.74, 6) is 0.609. The lowest BCUT2D eigenvalue weighted by atomic mass is 9.94. The molecular weight excluding hydrogens is 313 g/mol. The molecule has 3 rings (SSSR count). The van der Waals surface area contributed by atoms with E-state index in [9.17, 15) is 9.18 Å². The van der Waals surface area contributed by atoms with Crippen LogP contribution in [0.5, 0.6) is 0 Å². The topological polar surface area (TPSA) is 68.5 Å². The molecular formula is C17H20FN3O3. The highest BCUT2D eigenvalue weighted by Crippen LogP contribution is 2.23. The van der Waals surface area contributed by atoms with E-state index in [1.807, 2.05) is 4.90 Å². The van der Waals surface area contributed by atoms with Crippen molar-refractivity contribution in [1.82, 2.24) is 15.0 Å². The molecule has 1 amide bonds. The molecule has 1 saturated heterocycles. The molecule has 1 aromatic carbocycles. The molecule has 1 fully saturated rings. The van der Waals surface area contributed by atoms with Gasteiger partial charge in [-0.25, -0.2) is 4.39 Å². The molecule has 0 saturated carbocycles. The molecule has 1 atom stereocenters. The highest BCUT2D eigenvalue weighted by molar-refractivity contribution is 5.77. The summed E-state index contributed by atoms with van der Waals surface area (Å²) in [4.78, 5) is 18.0. The third kappa shape index (κ3) is 3.79. The Morgan fingerprint density at radius 2 is 2.29 bits per heavy atom. The van der Waals surface area contributed by atoms with Crippen LogP contribution in [-0.2, 0) is 16.0 Å². The van der Waals surface area contributed by atoms with Gasteiger partial charge in [0.2, 0.25) is 17.6 Å².